The van der Waals surface area contributed by atoms with Gasteiger partial charge < -0.3 is 9.88 Å². The number of aromatic nitrogens is 2. The third-order valence-electron chi connectivity index (χ3n) is 3.81. The van der Waals surface area contributed by atoms with Gasteiger partial charge in [0.2, 0.25) is 0 Å². The molecule has 2 heterocycles. The molecule has 0 atom stereocenters. The van der Waals surface area contributed by atoms with E-state index >= 15 is 0 Å². The third kappa shape index (κ3) is 1.99. The number of rotatable bonds is 1. The van der Waals surface area contributed by atoms with Crippen LogP contribution in [0.15, 0.2) is 47.3 Å². The Morgan fingerprint density at radius 2 is 2.05 bits per heavy atom. The molecular formula is C16H12ClN3O. The first-order valence-electron chi connectivity index (χ1n) is 6.77. The van der Waals surface area contributed by atoms with Crippen LogP contribution in [-0.4, -0.2) is 16.5 Å². The lowest BCUT2D eigenvalue weighted by atomic mass is 10.2. The van der Waals surface area contributed by atoms with E-state index in [0.29, 0.717) is 16.4 Å². The van der Waals surface area contributed by atoms with Crippen LogP contribution in [0.5, 0.6) is 0 Å². The van der Waals surface area contributed by atoms with Gasteiger partial charge in [0.1, 0.15) is 5.82 Å². The molecule has 0 spiro atoms. The molecule has 0 fully saturated rings. The predicted octanol–water partition coefficient (Wildman–Crippen LogP) is 3.27. The van der Waals surface area contributed by atoms with E-state index in [-0.39, 0.29) is 5.69 Å². The summed E-state index contributed by atoms with van der Waals surface area (Å²) in [5, 5.41) is 1.49. The Bertz CT molecular complexity index is 903. The van der Waals surface area contributed by atoms with Gasteiger partial charge in [-0.15, -0.1) is 0 Å². The number of nitrogens with zero attached hydrogens (tertiary/aromatic N) is 2. The summed E-state index contributed by atoms with van der Waals surface area (Å²) in [5.74, 6) is 0.690. The van der Waals surface area contributed by atoms with Crippen LogP contribution < -0.4 is 10.6 Å². The first kappa shape index (κ1) is 12.4. The highest BCUT2D eigenvalue weighted by atomic mass is 35.5. The maximum atomic E-state index is 11.8. The number of H-pyrrole nitrogens is 1. The fourth-order valence-corrected chi connectivity index (χ4v) is 3.05. The average molecular weight is 298 g/mol. The SMILES string of the molecule is O=c1nc(N2CCc3ccccc32)c2ccc(Cl)cc2[nH]1. The van der Waals surface area contributed by atoms with Crippen molar-refractivity contribution in [1.82, 2.24) is 9.97 Å². The first-order chi connectivity index (χ1) is 10.2. The number of fused-ring (bicyclic) bond motifs is 2. The Labute approximate surface area is 126 Å². The van der Waals surface area contributed by atoms with E-state index in [4.69, 9.17) is 11.6 Å². The molecule has 0 unspecified atom stereocenters. The van der Waals surface area contributed by atoms with Crippen molar-refractivity contribution in [3.8, 4) is 0 Å². The standard InChI is InChI=1S/C16H12ClN3O/c17-11-5-6-12-13(9-11)18-16(21)19-15(12)20-8-7-10-3-1-2-4-14(10)20/h1-6,9H,7-8H2,(H,18,19,21). The molecule has 0 aliphatic carbocycles. The van der Waals surface area contributed by atoms with E-state index in [1.54, 1.807) is 6.07 Å². The van der Waals surface area contributed by atoms with Gasteiger partial charge in [0.15, 0.2) is 0 Å². The molecule has 0 saturated carbocycles. The molecule has 1 N–H and O–H groups in total. The number of hydrogen-bond donors (Lipinski definition) is 1. The van der Waals surface area contributed by atoms with Gasteiger partial charge in [-0.1, -0.05) is 29.8 Å². The highest BCUT2D eigenvalue weighted by Crippen LogP contribution is 2.36. The van der Waals surface area contributed by atoms with Crippen LogP contribution in [0.4, 0.5) is 11.5 Å². The number of halogens is 1. The first-order valence-corrected chi connectivity index (χ1v) is 7.15. The zero-order valence-electron chi connectivity index (χ0n) is 11.1. The number of aromatic amines is 1. The normalized spacial score (nSPS) is 13.7. The Morgan fingerprint density at radius 3 is 2.95 bits per heavy atom. The third-order valence-corrected chi connectivity index (χ3v) is 4.05. The lowest BCUT2D eigenvalue weighted by molar-refractivity contribution is 0.962. The van der Waals surface area contributed by atoms with E-state index in [0.717, 1.165) is 24.0 Å². The molecule has 21 heavy (non-hydrogen) atoms. The van der Waals surface area contributed by atoms with Crippen LogP contribution in [-0.2, 0) is 6.42 Å². The van der Waals surface area contributed by atoms with E-state index in [1.165, 1.54) is 5.56 Å². The molecule has 3 aromatic rings. The van der Waals surface area contributed by atoms with Gasteiger partial charge in [0.25, 0.3) is 0 Å². The Morgan fingerprint density at radius 1 is 1.19 bits per heavy atom. The second kappa shape index (κ2) is 4.60. The largest absolute Gasteiger partial charge is 0.347 e. The number of benzene rings is 2. The van der Waals surface area contributed by atoms with Crippen molar-refractivity contribution < 1.29 is 0 Å². The molecule has 1 aliphatic heterocycles. The van der Waals surface area contributed by atoms with Gasteiger partial charge in [-0.25, -0.2) is 4.79 Å². The molecule has 2 aromatic carbocycles. The monoisotopic (exact) mass is 297 g/mol. The van der Waals surface area contributed by atoms with Crippen LogP contribution >= 0.6 is 11.6 Å². The summed E-state index contributed by atoms with van der Waals surface area (Å²) in [6.45, 7) is 0.827. The predicted molar refractivity (Wildman–Crippen MR) is 84.5 cm³/mol. The molecule has 4 nitrogen and oxygen atoms in total. The van der Waals surface area contributed by atoms with Crippen LogP contribution in [0.2, 0.25) is 5.02 Å². The topological polar surface area (TPSA) is 49.0 Å². The Balaban J connectivity index is 1.98. The molecule has 104 valence electrons. The molecule has 1 aliphatic rings. The smallest absolute Gasteiger partial charge is 0.325 e. The number of hydrogen-bond acceptors (Lipinski definition) is 3. The van der Waals surface area contributed by atoms with Crippen molar-refractivity contribution in [3.05, 3.63) is 63.5 Å². The minimum Gasteiger partial charge on any atom is -0.325 e. The highest BCUT2D eigenvalue weighted by molar-refractivity contribution is 6.31. The second-order valence-corrected chi connectivity index (χ2v) is 5.52. The second-order valence-electron chi connectivity index (χ2n) is 5.09. The van der Waals surface area contributed by atoms with E-state index in [2.05, 4.69) is 27.0 Å². The molecule has 0 saturated heterocycles. The van der Waals surface area contributed by atoms with Gasteiger partial charge in [0, 0.05) is 22.6 Å². The Hall–Kier alpha value is -2.33. The average Bonchev–Trinajstić information content (AvgIpc) is 2.89. The minimum atomic E-state index is -0.357. The molecular weight excluding hydrogens is 286 g/mol. The van der Waals surface area contributed by atoms with Gasteiger partial charge >= 0.3 is 5.69 Å². The van der Waals surface area contributed by atoms with Crippen molar-refractivity contribution in [2.45, 2.75) is 6.42 Å². The van der Waals surface area contributed by atoms with Crippen molar-refractivity contribution in [3.63, 3.8) is 0 Å². The summed E-state index contributed by atoms with van der Waals surface area (Å²) in [6, 6.07) is 13.7. The summed E-state index contributed by atoms with van der Waals surface area (Å²) in [6.07, 6.45) is 0.958. The summed E-state index contributed by atoms with van der Waals surface area (Å²) in [4.78, 5) is 20.9. The van der Waals surface area contributed by atoms with E-state index in [9.17, 15) is 4.79 Å². The number of para-hydroxylation sites is 1. The van der Waals surface area contributed by atoms with Crippen LogP contribution in [0.25, 0.3) is 10.9 Å². The lowest BCUT2D eigenvalue weighted by Gasteiger charge is -2.19. The molecule has 0 bridgehead atoms. The van der Waals surface area contributed by atoms with Crippen LogP contribution in [0.3, 0.4) is 0 Å². The van der Waals surface area contributed by atoms with Crippen molar-refractivity contribution >= 4 is 34.0 Å². The zero-order valence-corrected chi connectivity index (χ0v) is 11.9. The van der Waals surface area contributed by atoms with Gasteiger partial charge in [0.05, 0.1) is 5.52 Å². The highest BCUT2D eigenvalue weighted by Gasteiger charge is 2.23. The molecule has 0 radical (unpaired) electrons. The minimum absolute atomic E-state index is 0.357. The maximum absolute atomic E-state index is 11.8. The number of nitrogens with one attached hydrogen (secondary N) is 1. The molecule has 1 aromatic heterocycles. The molecule has 4 rings (SSSR count). The summed E-state index contributed by atoms with van der Waals surface area (Å²) >= 11 is 6.01. The maximum Gasteiger partial charge on any atom is 0.347 e. The van der Waals surface area contributed by atoms with Gasteiger partial charge in [-0.05, 0) is 36.2 Å². The van der Waals surface area contributed by atoms with Crippen molar-refractivity contribution in [2.75, 3.05) is 11.4 Å². The van der Waals surface area contributed by atoms with E-state index in [1.807, 2.05) is 24.3 Å². The van der Waals surface area contributed by atoms with Gasteiger partial charge in [-0.3, -0.25) is 0 Å². The zero-order chi connectivity index (χ0) is 14.4. The van der Waals surface area contributed by atoms with Gasteiger partial charge in [-0.2, -0.15) is 4.98 Å². The van der Waals surface area contributed by atoms with Crippen LogP contribution in [0, 0.1) is 0 Å². The summed E-state index contributed by atoms with van der Waals surface area (Å²) < 4.78 is 0. The van der Waals surface area contributed by atoms with Crippen LogP contribution in [0.1, 0.15) is 5.56 Å². The van der Waals surface area contributed by atoms with Crippen molar-refractivity contribution in [2.24, 2.45) is 0 Å². The summed E-state index contributed by atoms with van der Waals surface area (Å²) in [7, 11) is 0. The fourth-order valence-electron chi connectivity index (χ4n) is 2.88. The quantitative estimate of drug-likeness (QED) is 0.750. The molecule has 0 amide bonds. The van der Waals surface area contributed by atoms with Crippen molar-refractivity contribution in [1.29, 1.82) is 0 Å². The van der Waals surface area contributed by atoms with E-state index < -0.39 is 0 Å². The Kier molecular flexibility index (Phi) is 2.72. The molecule has 5 heteroatoms. The lowest BCUT2D eigenvalue weighted by Crippen LogP contribution is -2.21. The number of anilines is 2. The fraction of sp³-hybridized carbons (Fsp3) is 0.125. The summed E-state index contributed by atoms with van der Waals surface area (Å²) in [5.41, 5.74) is 2.75.